The lowest BCUT2D eigenvalue weighted by Crippen LogP contribution is -2.17. The lowest BCUT2D eigenvalue weighted by Gasteiger charge is -2.29. The Morgan fingerprint density at radius 2 is 0.607 bits per heavy atom. The number of hydrogen-bond donors (Lipinski definition) is 0. The summed E-state index contributed by atoms with van der Waals surface area (Å²) in [5.41, 5.74) is 16.3. The molecule has 0 aliphatic heterocycles. The Bertz CT molecular complexity index is 2350. The van der Waals surface area contributed by atoms with Crippen LogP contribution in [0, 0.1) is 27.7 Å². The molecule has 1 aromatic heterocycles. The van der Waals surface area contributed by atoms with Crippen molar-refractivity contribution >= 4 is 57.3 Å². The van der Waals surface area contributed by atoms with Gasteiger partial charge in [0.2, 0.25) is 0 Å². The molecule has 8 rings (SSSR count). The molecule has 0 radical (unpaired) electrons. The normalized spacial score (nSPS) is 11.8. The maximum absolute atomic E-state index is 5.38. The van der Waals surface area contributed by atoms with Crippen molar-refractivity contribution in [2.75, 3.05) is 9.80 Å². The molecular weight excluding hydrogens is 681 g/mol. The van der Waals surface area contributed by atoms with Crippen molar-refractivity contribution in [1.82, 2.24) is 9.97 Å². The van der Waals surface area contributed by atoms with Crippen LogP contribution in [-0.4, -0.2) is 9.97 Å². The first-order valence-corrected chi connectivity index (χ1v) is 19.1. The van der Waals surface area contributed by atoms with E-state index < -0.39 is 0 Å². The minimum atomic E-state index is 0.757. The molecule has 8 aromatic rings. The summed E-state index contributed by atoms with van der Waals surface area (Å²) in [6, 6.07) is 64.1. The maximum Gasteiger partial charge on any atom is 0.0916 e. The van der Waals surface area contributed by atoms with E-state index in [1.807, 2.05) is 24.3 Å². The van der Waals surface area contributed by atoms with E-state index in [0.717, 1.165) is 67.7 Å². The fourth-order valence-corrected chi connectivity index (χ4v) is 6.90. The highest BCUT2D eigenvalue weighted by molar-refractivity contribution is 6.00. The third kappa shape index (κ3) is 7.91. The van der Waals surface area contributed by atoms with Crippen LogP contribution in [0.2, 0.25) is 0 Å². The molecule has 0 fully saturated rings. The van der Waals surface area contributed by atoms with Crippen LogP contribution in [0.1, 0.15) is 44.8 Å². The van der Waals surface area contributed by atoms with Gasteiger partial charge in [-0.3, -0.25) is 0 Å². The Kier molecular flexibility index (Phi) is 10.4. The van der Waals surface area contributed by atoms with Gasteiger partial charge in [-0.15, -0.1) is 0 Å². The number of rotatable bonds is 10. The van der Waals surface area contributed by atoms with Crippen molar-refractivity contribution < 1.29 is 0 Å². The largest absolute Gasteiger partial charge is 0.310 e. The zero-order valence-corrected chi connectivity index (χ0v) is 32.3. The Morgan fingerprint density at radius 3 is 0.893 bits per heavy atom. The Morgan fingerprint density at radius 1 is 0.339 bits per heavy atom. The standard InChI is InChI=1S/C52H44N4/c1-37-19-27-43(28-20-37)55(44-29-21-38(2)22-30-44)51(41-13-7-5-8-14-41)35-49-50(54-48-18-12-11-17-47(48)53-49)36-52(42-15-9-6-10-16-42)56(45-31-23-39(3)24-32-45)46-33-25-40(4)26-34-46/h5-36H,1-4H3. The highest BCUT2D eigenvalue weighted by Crippen LogP contribution is 2.39. The topological polar surface area (TPSA) is 32.3 Å². The second-order valence-electron chi connectivity index (χ2n) is 14.3. The number of para-hydroxylation sites is 2. The van der Waals surface area contributed by atoms with Crippen LogP contribution in [0.25, 0.3) is 34.6 Å². The summed E-state index contributed by atoms with van der Waals surface area (Å²) in [6.45, 7) is 8.49. The van der Waals surface area contributed by atoms with Crippen LogP contribution in [0.3, 0.4) is 0 Å². The molecule has 7 aromatic carbocycles. The molecule has 0 N–H and O–H groups in total. The van der Waals surface area contributed by atoms with Crippen LogP contribution in [0.5, 0.6) is 0 Å². The summed E-state index contributed by atoms with van der Waals surface area (Å²) >= 11 is 0. The van der Waals surface area contributed by atoms with E-state index in [4.69, 9.17) is 9.97 Å². The number of aryl methyl sites for hydroxylation is 4. The predicted octanol–water partition coefficient (Wildman–Crippen LogP) is 13.5. The molecule has 0 saturated heterocycles. The monoisotopic (exact) mass is 724 g/mol. The van der Waals surface area contributed by atoms with Gasteiger partial charge >= 0.3 is 0 Å². The molecular formula is C52H44N4. The smallest absolute Gasteiger partial charge is 0.0916 e. The zero-order valence-electron chi connectivity index (χ0n) is 32.3. The molecule has 0 spiro atoms. The molecule has 0 aliphatic rings. The van der Waals surface area contributed by atoms with Crippen molar-refractivity contribution in [2.45, 2.75) is 27.7 Å². The van der Waals surface area contributed by atoms with E-state index in [-0.39, 0.29) is 0 Å². The highest BCUT2D eigenvalue weighted by Gasteiger charge is 2.21. The van der Waals surface area contributed by atoms with E-state index in [1.165, 1.54) is 22.3 Å². The zero-order chi connectivity index (χ0) is 38.4. The van der Waals surface area contributed by atoms with Gasteiger partial charge in [-0.25, -0.2) is 9.97 Å². The SMILES string of the molecule is Cc1ccc(N(C(=Cc2nc3ccccc3nc2C=C(c2ccccc2)N(c2ccc(C)cc2)c2ccc(C)cc2)c2ccccc2)c2ccc(C)cc2)cc1. The van der Waals surface area contributed by atoms with Gasteiger partial charge in [-0.2, -0.15) is 0 Å². The Hall–Kier alpha value is -7.04. The van der Waals surface area contributed by atoms with Crippen LogP contribution in [-0.2, 0) is 0 Å². The van der Waals surface area contributed by atoms with Gasteiger partial charge in [0, 0.05) is 22.7 Å². The fraction of sp³-hybridized carbons (Fsp3) is 0.0769. The van der Waals surface area contributed by atoms with Crippen molar-refractivity contribution in [3.05, 3.63) is 227 Å². The van der Waals surface area contributed by atoms with Gasteiger partial charge in [0.25, 0.3) is 0 Å². The summed E-state index contributed by atoms with van der Waals surface area (Å²) in [5.74, 6) is 0. The minimum Gasteiger partial charge on any atom is -0.310 e. The Balaban J connectivity index is 1.43. The van der Waals surface area contributed by atoms with Crippen LogP contribution < -0.4 is 9.80 Å². The molecule has 56 heavy (non-hydrogen) atoms. The first-order chi connectivity index (χ1) is 27.4. The second kappa shape index (κ2) is 16.1. The van der Waals surface area contributed by atoms with Crippen molar-refractivity contribution in [1.29, 1.82) is 0 Å². The summed E-state index contributed by atoms with van der Waals surface area (Å²) in [5, 5.41) is 0. The van der Waals surface area contributed by atoms with Crippen LogP contribution in [0.4, 0.5) is 22.7 Å². The van der Waals surface area contributed by atoms with Gasteiger partial charge in [0.05, 0.1) is 33.8 Å². The molecule has 0 saturated carbocycles. The quantitative estimate of drug-likeness (QED) is 0.141. The average Bonchev–Trinajstić information content (AvgIpc) is 3.23. The van der Waals surface area contributed by atoms with E-state index in [0.29, 0.717) is 0 Å². The minimum absolute atomic E-state index is 0.757. The number of benzene rings is 7. The van der Waals surface area contributed by atoms with E-state index >= 15 is 0 Å². The van der Waals surface area contributed by atoms with E-state index in [9.17, 15) is 0 Å². The first kappa shape index (κ1) is 36.0. The molecule has 0 aliphatic carbocycles. The third-order valence-corrected chi connectivity index (χ3v) is 9.96. The summed E-state index contributed by atoms with van der Waals surface area (Å²) in [6.07, 6.45) is 4.40. The van der Waals surface area contributed by atoms with Gasteiger partial charge in [-0.1, -0.05) is 144 Å². The maximum atomic E-state index is 5.38. The summed E-state index contributed by atoms with van der Waals surface area (Å²) < 4.78 is 0. The molecule has 0 amide bonds. The third-order valence-electron chi connectivity index (χ3n) is 9.96. The highest BCUT2D eigenvalue weighted by atomic mass is 15.2. The lowest BCUT2D eigenvalue weighted by molar-refractivity contribution is 1.22. The second-order valence-corrected chi connectivity index (χ2v) is 14.3. The van der Waals surface area contributed by atoms with E-state index in [1.54, 1.807) is 0 Å². The van der Waals surface area contributed by atoms with Gasteiger partial charge in [0.1, 0.15) is 0 Å². The van der Waals surface area contributed by atoms with Crippen LogP contribution >= 0.6 is 0 Å². The molecule has 4 heteroatoms. The molecule has 0 bridgehead atoms. The summed E-state index contributed by atoms with van der Waals surface area (Å²) in [4.78, 5) is 15.4. The van der Waals surface area contributed by atoms with Crippen molar-refractivity contribution in [3.8, 4) is 0 Å². The number of aromatic nitrogens is 2. The number of nitrogens with zero attached hydrogens (tertiary/aromatic N) is 4. The fourth-order valence-electron chi connectivity index (χ4n) is 6.90. The van der Waals surface area contributed by atoms with Gasteiger partial charge in [-0.05, 0) is 112 Å². The van der Waals surface area contributed by atoms with Crippen LogP contribution in [0.15, 0.2) is 182 Å². The molecule has 0 atom stereocenters. The molecule has 4 nitrogen and oxygen atoms in total. The Labute approximate surface area is 330 Å². The predicted molar refractivity (Wildman–Crippen MR) is 237 cm³/mol. The molecule has 1 heterocycles. The lowest BCUT2D eigenvalue weighted by atomic mass is 10.0. The molecule has 272 valence electrons. The number of hydrogen-bond acceptors (Lipinski definition) is 4. The van der Waals surface area contributed by atoms with Gasteiger partial charge in [0.15, 0.2) is 0 Å². The summed E-state index contributed by atoms with van der Waals surface area (Å²) in [7, 11) is 0. The average molecular weight is 725 g/mol. The first-order valence-electron chi connectivity index (χ1n) is 19.1. The number of anilines is 4. The van der Waals surface area contributed by atoms with Crippen molar-refractivity contribution in [3.63, 3.8) is 0 Å². The van der Waals surface area contributed by atoms with Crippen molar-refractivity contribution in [2.24, 2.45) is 0 Å². The van der Waals surface area contributed by atoms with Gasteiger partial charge < -0.3 is 9.80 Å². The van der Waals surface area contributed by atoms with E-state index in [2.05, 4.69) is 207 Å². The number of fused-ring (bicyclic) bond motifs is 1. The molecule has 0 unspecified atom stereocenters.